The fraction of sp³-hybridized carbons (Fsp3) is 0.778. The van der Waals surface area contributed by atoms with Gasteiger partial charge in [0.15, 0.2) is 0 Å². The van der Waals surface area contributed by atoms with E-state index in [-0.39, 0.29) is 0 Å². The highest BCUT2D eigenvalue weighted by Crippen LogP contribution is 2.29. The summed E-state index contributed by atoms with van der Waals surface area (Å²) in [5, 5.41) is 9.29. The molecule has 2 saturated heterocycles. The van der Waals surface area contributed by atoms with E-state index >= 15 is 0 Å². The summed E-state index contributed by atoms with van der Waals surface area (Å²) in [7, 11) is 2.21. The predicted octanol–water partition coefficient (Wildman–Crippen LogP) is 1.000. The number of rotatable bonds is 5. The zero-order chi connectivity index (χ0) is 16.9. The van der Waals surface area contributed by atoms with E-state index < -0.39 is 0 Å². The molecule has 2 aliphatic heterocycles. The van der Waals surface area contributed by atoms with Crippen molar-refractivity contribution in [3.8, 4) is 0 Å². The van der Waals surface area contributed by atoms with E-state index in [4.69, 9.17) is 0 Å². The van der Waals surface area contributed by atoms with E-state index in [1.807, 2.05) is 19.2 Å². The average molecular weight is 333 g/mol. The molecule has 3 heterocycles. The second-order valence-corrected chi connectivity index (χ2v) is 7.23. The van der Waals surface area contributed by atoms with Crippen LogP contribution in [0.2, 0.25) is 0 Å². The quantitative estimate of drug-likeness (QED) is 0.868. The first-order chi connectivity index (χ1) is 11.7. The van der Waals surface area contributed by atoms with Gasteiger partial charge in [-0.1, -0.05) is 0 Å². The summed E-state index contributed by atoms with van der Waals surface area (Å²) in [6, 6.07) is 2.66. The fourth-order valence-corrected chi connectivity index (χ4v) is 4.12. The van der Waals surface area contributed by atoms with Crippen LogP contribution in [0, 0.1) is 12.8 Å². The van der Waals surface area contributed by atoms with Crippen LogP contribution in [0.25, 0.3) is 0 Å². The largest absolute Gasteiger partial charge is 0.396 e. The summed E-state index contributed by atoms with van der Waals surface area (Å²) in [6.45, 7) is 9.00. The summed E-state index contributed by atoms with van der Waals surface area (Å²) in [6.07, 6.45) is 5.02. The van der Waals surface area contributed by atoms with E-state index in [1.54, 1.807) is 0 Å². The number of aliphatic hydroxyl groups is 1. The van der Waals surface area contributed by atoms with Gasteiger partial charge < -0.3 is 14.9 Å². The molecule has 6 heteroatoms. The molecule has 0 saturated carbocycles. The molecule has 134 valence electrons. The Labute approximate surface area is 145 Å². The third kappa shape index (κ3) is 4.23. The maximum absolute atomic E-state index is 9.29. The van der Waals surface area contributed by atoms with Crippen molar-refractivity contribution in [2.45, 2.75) is 32.2 Å². The molecule has 0 aliphatic carbocycles. The van der Waals surface area contributed by atoms with Gasteiger partial charge in [-0.3, -0.25) is 4.90 Å². The van der Waals surface area contributed by atoms with Gasteiger partial charge in [0.1, 0.15) is 11.6 Å². The molecule has 3 rings (SSSR count). The predicted molar refractivity (Wildman–Crippen MR) is 96.3 cm³/mol. The lowest BCUT2D eigenvalue weighted by Gasteiger charge is -2.46. The van der Waals surface area contributed by atoms with Crippen LogP contribution in [0.3, 0.4) is 0 Å². The molecule has 1 aromatic rings. The van der Waals surface area contributed by atoms with Crippen LogP contribution in [-0.4, -0.2) is 83.8 Å². The van der Waals surface area contributed by atoms with Crippen LogP contribution < -0.4 is 4.90 Å². The van der Waals surface area contributed by atoms with E-state index in [0.717, 1.165) is 50.7 Å². The van der Waals surface area contributed by atoms with Gasteiger partial charge in [0.2, 0.25) is 0 Å². The number of piperidine rings is 1. The van der Waals surface area contributed by atoms with Gasteiger partial charge in [-0.2, -0.15) is 0 Å². The molecular weight excluding hydrogens is 302 g/mol. The average Bonchev–Trinajstić information content (AvgIpc) is 2.60. The van der Waals surface area contributed by atoms with Crippen molar-refractivity contribution in [2.24, 2.45) is 5.92 Å². The van der Waals surface area contributed by atoms with E-state index in [0.29, 0.717) is 18.6 Å². The number of aliphatic hydroxyl groups excluding tert-OH is 1. The van der Waals surface area contributed by atoms with Gasteiger partial charge in [-0.05, 0) is 45.2 Å². The molecule has 0 amide bonds. The van der Waals surface area contributed by atoms with Gasteiger partial charge in [-0.25, -0.2) is 9.97 Å². The van der Waals surface area contributed by atoms with Gasteiger partial charge in [0, 0.05) is 58.1 Å². The molecule has 2 atom stereocenters. The van der Waals surface area contributed by atoms with Crippen LogP contribution in [0.5, 0.6) is 0 Å². The SMILES string of the molecule is Cc1nccc(N2CC[C@@H](N3CCN(C)CC3)[C@@H](CCCO)C2)n1. The van der Waals surface area contributed by atoms with Crippen LogP contribution in [0.4, 0.5) is 5.82 Å². The third-order valence-electron chi connectivity index (χ3n) is 5.52. The summed E-state index contributed by atoms with van der Waals surface area (Å²) >= 11 is 0. The van der Waals surface area contributed by atoms with Gasteiger partial charge in [-0.15, -0.1) is 0 Å². The van der Waals surface area contributed by atoms with Crippen molar-refractivity contribution in [3.05, 3.63) is 18.1 Å². The highest BCUT2D eigenvalue weighted by atomic mass is 16.2. The number of aromatic nitrogens is 2. The monoisotopic (exact) mass is 333 g/mol. The number of aryl methyl sites for hydroxylation is 1. The maximum Gasteiger partial charge on any atom is 0.132 e. The van der Waals surface area contributed by atoms with Gasteiger partial charge in [0.05, 0.1) is 0 Å². The van der Waals surface area contributed by atoms with E-state index in [2.05, 4.69) is 31.7 Å². The summed E-state index contributed by atoms with van der Waals surface area (Å²) in [5.74, 6) is 2.48. The molecule has 2 aliphatic rings. The number of likely N-dealkylation sites (N-methyl/N-ethyl adjacent to an activating group) is 1. The maximum atomic E-state index is 9.29. The third-order valence-corrected chi connectivity index (χ3v) is 5.52. The second-order valence-electron chi connectivity index (χ2n) is 7.23. The molecular formula is C18H31N5O. The molecule has 0 radical (unpaired) electrons. The summed E-state index contributed by atoms with van der Waals surface area (Å²) in [4.78, 5) is 16.3. The number of hydrogen-bond donors (Lipinski definition) is 1. The van der Waals surface area contributed by atoms with Crippen LogP contribution >= 0.6 is 0 Å². The molecule has 6 nitrogen and oxygen atoms in total. The van der Waals surface area contributed by atoms with Crippen molar-refractivity contribution in [1.29, 1.82) is 0 Å². The first-order valence-corrected chi connectivity index (χ1v) is 9.25. The Morgan fingerprint density at radius 3 is 2.71 bits per heavy atom. The normalized spacial score (nSPS) is 26.7. The number of nitrogens with zero attached hydrogens (tertiary/aromatic N) is 5. The van der Waals surface area contributed by atoms with Gasteiger partial charge in [0.25, 0.3) is 0 Å². The number of piperazine rings is 1. The lowest BCUT2D eigenvalue weighted by atomic mass is 9.86. The van der Waals surface area contributed by atoms with Crippen LogP contribution in [0.15, 0.2) is 12.3 Å². The highest BCUT2D eigenvalue weighted by Gasteiger charge is 2.34. The Morgan fingerprint density at radius 1 is 1.21 bits per heavy atom. The molecule has 24 heavy (non-hydrogen) atoms. The number of hydrogen-bond acceptors (Lipinski definition) is 6. The smallest absolute Gasteiger partial charge is 0.132 e. The molecule has 1 aromatic heterocycles. The van der Waals surface area contributed by atoms with Gasteiger partial charge >= 0.3 is 0 Å². The first kappa shape index (κ1) is 17.6. The Balaban J connectivity index is 1.68. The summed E-state index contributed by atoms with van der Waals surface area (Å²) in [5.41, 5.74) is 0. The summed E-state index contributed by atoms with van der Waals surface area (Å²) < 4.78 is 0. The molecule has 0 bridgehead atoms. The molecule has 2 fully saturated rings. The molecule has 1 N–H and O–H groups in total. The van der Waals surface area contributed by atoms with Crippen molar-refractivity contribution in [3.63, 3.8) is 0 Å². The topological polar surface area (TPSA) is 55.7 Å². The minimum absolute atomic E-state index is 0.290. The number of anilines is 1. The van der Waals surface area contributed by atoms with E-state index in [9.17, 15) is 5.11 Å². The van der Waals surface area contributed by atoms with Crippen molar-refractivity contribution >= 4 is 5.82 Å². The van der Waals surface area contributed by atoms with Crippen LogP contribution in [-0.2, 0) is 0 Å². The Kier molecular flexibility index (Phi) is 6.03. The first-order valence-electron chi connectivity index (χ1n) is 9.25. The Bertz CT molecular complexity index is 518. The standard InChI is InChI=1S/C18H31N5O/c1-15-19-7-5-18(20-15)23-8-6-17(16(14-23)4-3-13-24)22-11-9-21(2)10-12-22/h5,7,16-17,24H,3-4,6,8-14H2,1-2H3/t16-,17+/m0/s1. The molecule has 0 aromatic carbocycles. The van der Waals surface area contributed by atoms with Crippen molar-refractivity contribution in [1.82, 2.24) is 19.8 Å². The second kappa shape index (κ2) is 8.23. The van der Waals surface area contributed by atoms with E-state index in [1.165, 1.54) is 19.5 Å². The zero-order valence-electron chi connectivity index (χ0n) is 15.1. The fourth-order valence-electron chi connectivity index (χ4n) is 4.12. The Hall–Kier alpha value is -1.24. The van der Waals surface area contributed by atoms with Crippen molar-refractivity contribution < 1.29 is 5.11 Å². The molecule has 0 spiro atoms. The molecule has 0 unspecified atom stereocenters. The van der Waals surface area contributed by atoms with Crippen molar-refractivity contribution in [2.75, 3.05) is 57.8 Å². The Morgan fingerprint density at radius 2 is 2.00 bits per heavy atom. The minimum atomic E-state index is 0.290. The van der Waals surface area contributed by atoms with Crippen LogP contribution in [0.1, 0.15) is 25.1 Å². The highest BCUT2D eigenvalue weighted by molar-refractivity contribution is 5.38. The zero-order valence-corrected chi connectivity index (χ0v) is 15.1. The lowest BCUT2D eigenvalue weighted by molar-refractivity contribution is 0.0637. The minimum Gasteiger partial charge on any atom is -0.396 e. The lowest BCUT2D eigenvalue weighted by Crippen LogP contribution is -2.56.